The van der Waals surface area contributed by atoms with Crippen LogP contribution in [0.3, 0.4) is 0 Å². The number of hydrogen-bond donors (Lipinski definition) is 3. The Hall–Kier alpha value is -0.560. The number of nitrogens with two attached hydrogens (primary N) is 1. The van der Waals surface area contributed by atoms with E-state index in [0.717, 1.165) is 0 Å². The van der Waals surface area contributed by atoms with Crippen molar-refractivity contribution < 1.29 is 14.2 Å². The van der Waals surface area contributed by atoms with Gasteiger partial charge in [-0.2, -0.15) is 0 Å². The van der Waals surface area contributed by atoms with Gasteiger partial charge in [0.2, 0.25) is 5.90 Å². The molecule has 0 spiro atoms. The first-order chi connectivity index (χ1) is 6.90. The topological polar surface area (TPSA) is 101 Å². The molecule has 0 aromatic carbocycles. The highest BCUT2D eigenvalue weighted by molar-refractivity contribution is 5.85. The van der Waals surface area contributed by atoms with Gasteiger partial charge in [0.05, 0.1) is 7.11 Å². The third-order valence-electron chi connectivity index (χ3n) is 1.73. The van der Waals surface area contributed by atoms with Crippen molar-refractivity contribution in [3.63, 3.8) is 0 Å². The summed E-state index contributed by atoms with van der Waals surface area (Å²) in [7, 11) is 4.52. The van der Waals surface area contributed by atoms with Crippen LogP contribution >= 0.6 is 24.8 Å². The van der Waals surface area contributed by atoms with Gasteiger partial charge in [0.25, 0.3) is 0 Å². The zero-order valence-corrected chi connectivity index (χ0v) is 12.4. The van der Waals surface area contributed by atoms with Gasteiger partial charge in [0, 0.05) is 14.2 Å². The second-order valence-electron chi connectivity index (χ2n) is 2.78. The third kappa shape index (κ3) is 15.4. The largest absolute Gasteiger partial charge is 0.483 e. The first-order valence-electron chi connectivity index (χ1n) is 4.42. The average molecular weight is 292 g/mol. The van der Waals surface area contributed by atoms with Crippen molar-refractivity contribution in [1.82, 2.24) is 0 Å². The van der Waals surface area contributed by atoms with Gasteiger partial charge in [0.15, 0.2) is 0 Å². The molecule has 0 aliphatic rings. The maximum absolute atomic E-state index is 7.00. The molecule has 6 nitrogen and oxygen atoms in total. The van der Waals surface area contributed by atoms with Gasteiger partial charge < -0.3 is 19.9 Å². The van der Waals surface area contributed by atoms with Crippen molar-refractivity contribution in [2.45, 2.75) is 26.1 Å². The summed E-state index contributed by atoms with van der Waals surface area (Å²) in [5, 5.41) is 13.7. The number of methoxy groups -OCH3 is 3. The normalized spacial score (nSPS) is 11.6. The maximum atomic E-state index is 7.00. The summed E-state index contributed by atoms with van der Waals surface area (Å²) in [4.78, 5) is 0. The van der Waals surface area contributed by atoms with Gasteiger partial charge in [0.1, 0.15) is 18.0 Å². The van der Waals surface area contributed by atoms with E-state index in [9.17, 15) is 0 Å². The summed E-state index contributed by atoms with van der Waals surface area (Å²) in [5.74, 6) is 0.231. The summed E-state index contributed by atoms with van der Waals surface area (Å²) in [5.41, 5.74) is 5.00. The minimum Gasteiger partial charge on any atom is -0.483 e. The second-order valence-corrected chi connectivity index (χ2v) is 2.78. The monoisotopic (exact) mass is 291 g/mol. The fourth-order valence-electron chi connectivity index (χ4n) is 0.400. The van der Waals surface area contributed by atoms with Crippen LogP contribution in [0.25, 0.3) is 0 Å². The van der Waals surface area contributed by atoms with E-state index in [1.807, 2.05) is 0 Å². The van der Waals surface area contributed by atoms with Crippen LogP contribution in [0, 0.1) is 10.8 Å². The van der Waals surface area contributed by atoms with E-state index in [1.54, 1.807) is 13.8 Å². The Morgan fingerprint density at radius 1 is 0.941 bits per heavy atom. The molecule has 2 atom stereocenters. The van der Waals surface area contributed by atoms with Crippen LogP contribution in [-0.2, 0) is 14.2 Å². The highest BCUT2D eigenvalue weighted by atomic mass is 35.5. The van der Waals surface area contributed by atoms with Gasteiger partial charge in [-0.25, -0.2) is 0 Å². The Kier molecular flexibility index (Phi) is 23.0. The van der Waals surface area contributed by atoms with Crippen molar-refractivity contribution in [2.75, 3.05) is 21.3 Å². The number of amidine groups is 1. The summed E-state index contributed by atoms with van der Waals surface area (Å²) < 4.78 is 14.0. The van der Waals surface area contributed by atoms with Gasteiger partial charge in [-0.15, -0.1) is 24.8 Å². The zero-order chi connectivity index (χ0) is 12.4. The van der Waals surface area contributed by atoms with Gasteiger partial charge >= 0.3 is 0 Å². The second kappa shape index (κ2) is 15.4. The van der Waals surface area contributed by atoms with Gasteiger partial charge in [-0.1, -0.05) is 0 Å². The van der Waals surface area contributed by atoms with Crippen LogP contribution in [0.4, 0.5) is 0 Å². The highest BCUT2D eigenvalue weighted by Gasteiger charge is 2.04. The molecule has 0 bridgehead atoms. The van der Waals surface area contributed by atoms with Crippen LogP contribution in [0.1, 0.15) is 13.8 Å². The first kappa shape index (κ1) is 25.3. The molecule has 0 heterocycles. The molecule has 0 saturated heterocycles. The smallest absolute Gasteiger partial charge is 0.209 e. The molecule has 0 rings (SSSR count). The molecule has 0 aromatic heterocycles. The number of nitrogens with one attached hydrogen (secondary N) is 2. The number of hydrogen-bond acceptors (Lipinski definition) is 5. The summed E-state index contributed by atoms with van der Waals surface area (Å²) in [6.07, 6.45) is -0.458. The lowest BCUT2D eigenvalue weighted by Crippen LogP contribution is -2.26. The van der Waals surface area contributed by atoms with Crippen molar-refractivity contribution in [3.8, 4) is 0 Å². The van der Waals surface area contributed by atoms with Gasteiger partial charge in [-0.05, 0) is 13.8 Å². The molecule has 0 aromatic rings. The summed E-state index contributed by atoms with van der Waals surface area (Å²) in [6, 6.07) is 0. The van der Waals surface area contributed by atoms with E-state index in [-0.39, 0.29) is 48.8 Å². The highest BCUT2D eigenvalue weighted by Crippen LogP contribution is 1.89. The van der Waals surface area contributed by atoms with E-state index in [2.05, 4.69) is 9.47 Å². The summed E-state index contributed by atoms with van der Waals surface area (Å²) >= 11 is 0. The van der Waals surface area contributed by atoms with Crippen LogP contribution in [-0.4, -0.2) is 45.3 Å². The molecule has 0 amide bonds. The molecule has 0 aliphatic heterocycles. The Morgan fingerprint density at radius 2 is 1.29 bits per heavy atom. The Bertz CT molecular complexity index is 206. The minimum atomic E-state index is -0.236. The van der Waals surface area contributed by atoms with Crippen LogP contribution in [0.2, 0.25) is 0 Å². The van der Waals surface area contributed by atoms with Crippen molar-refractivity contribution >= 4 is 36.5 Å². The predicted octanol–water partition coefficient (Wildman–Crippen LogP) is 1.45. The van der Waals surface area contributed by atoms with E-state index in [1.165, 1.54) is 21.3 Å². The molecule has 0 radical (unpaired) electrons. The van der Waals surface area contributed by atoms with E-state index >= 15 is 0 Å². The zero-order valence-electron chi connectivity index (χ0n) is 10.8. The van der Waals surface area contributed by atoms with Crippen molar-refractivity contribution in [3.05, 3.63) is 0 Å². The quantitative estimate of drug-likeness (QED) is 0.539. The fraction of sp³-hybridized carbons (Fsp3) is 0.778. The molecule has 106 valence electrons. The van der Waals surface area contributed by atoms with Crippen LogP contribution in [0.5, 0.6) is 0 Å². The molecular weight excluding hydrogens is 269 g/mol. The van der Waals surface area contributed by atoms with Crippen molar-refractivity contribution in [2.24, 2.45) is 5.73 Å². The lowest BCUT2D eigenvalue weighted by molar-refractivity contribution is 0.146. The van der Waals surface area contributed by atoms with E-state index in [0.29, 0.717) is 0 Å². The number of ether oxygens (including phenoxy) is 3. The number of rotatable bonds is 4. The Labute approximate surface area is 115 Å². The van der Waals surface area contributed by atoms with Gasteiger partial charge in [-0.3, -0.25) is 10.8 Å². The Balaban J connectivity index is -0.0000000896. The SMILES string of the molecule is COC(=N)C(C)OC.COC(C)C(=N)N.Cl.Cl. The lowest BCUT2D eigenvalue weighted by Gasteiger charge is -2.07. The Morgan fingerprint density at radius 3 is 1.35 bits per heavy atom. The molecule has 17 heavy (non-hydrogen) atoms. The standard InChI is InChI=1S/C5H11NO2.C4H10N2O.2ClH/c1-4(7-2)5(6)8-3;1-3(7-2)4(5)6;;/h4,6H,1-3H3;3H,1-2H3,(H3,5,6);2*1H. The summed E-state index contributed by atoms with van der Waals surface area (Å²) in [6.45, 7) is 3.48. The molecular formula is C9H23Cl2N3O3. The van der Waals surface area contributed by atoms with E-state index in [4.69, 9.17) is 21.3 Å². The number of halogens is 2. The third-order valence-corrected chi connectivity index (χ3v) is 1.73. The molecule has 0 fully saturated rings. The fourth-order valence-corrected chi connectivity index (χ4v) is 0.400. The molecule has 8 heteroatoms. The molecule has 0 saturated carbocycles. The predicted molar refractivity (Wildman–Crippen MR) is 74.1 cm³/mol. The maximum Gasteiger partial charge on any atom is 0.209 e. The minimum absolute atomic E-state index is 0. The van der Waals surface area contributed by atoms with Crippen LogP contribution in [0.15, 0.2) is 0 Å². The van der Waals surface area contributed by atoms with Crippen molar-refractivity contribution in [1.29, 1.82) is 10.8 Å². The average Bonchev–Trinajstić information content (AvgIpc) is 2.26. The molecule has 0 aliphatic carbocycles. The first-order valence-corrected chi connectivity index (χ1v) is 4.42. The molecule has 2 unspecified atom stereocenters. The lowest BCUT2D eigenvalue weighted by atomic mass is 10.4. The van der Waals surface area contributed by atoms with Crippen LogP contribution < -0.4 is 5.73 Å². The van der Waals surface area contributed by atoms with E-state index < -0.39 is 0 Å². The molecule has 4 N–H and O–H groups in total.